The van der Waals surface area contributed by atoms with Gasteiger partial charge in [-0.15, -0.1) is 0 Å². The van der Waals surface area contributed by atoms with Gasteiger partial charge in [0, 0.05) is 16.2 Å². The second-order valence-corrected chi connectivity index (χ2v) is 5.63. The fraction of sp³-hybridized carbons (Fsp3) is 0.267. The SMILES string of the molecule is CNC(c1ccc(Br)cc1C)c1cc(C)cnc1N. The molecule has 4 heteroatoms. The summed E-state index contributed by atoms with van der Waals surface area (Å²) in [4.78, 5) is 4.25. The number of anilines is 1. The first-order chi connectivity index (χ1) is 9.02. The van der Waals surface area contributed by atoms with Crippen molar-refractivity contribution in [2.75, 3.05) is 12.8 Å². The molecule has 0 bridgehead atoms. The maximum atomic E-state index is 6.02. The molecule has 100 valence electrons. The van der Waals surface area contributed by atoms with Crippen LogP contribution in [0.5, 0.6) is 0 Å². The maximum Gasteiger partial charge on any atom is 0.128 e. The summed E-state index contributed by atoms with van der Waals surface area (Å²) in [6, 6.07) is 8.42. The van der Waals surface area contributed by atoms with Crippen LogP contribution in [0.15, 0.2) is 34.9 Å². The number of nitrogens with zero attached hydrogens (tertiary/aromatic N) is 1. The zero-order valence-corrected chi connectivity index (χ0v) is 13.0. The van der Waals surface area contributed by atoms with Gasteiger partial charge in [-0.05, 0) is 55.8 Å². The number of hydrogen-bond acceptors (Lipinski definition) is 3. The van der Waals surface area contributed by atoms with Crippen molar-refractivity contribution in [3.63, 3.8) is 0 Å². The largest absolute Gasteiger partial charge is 0.383 e. The van der Waals surface area contributed by atoms with Crippen LogP contribution in [-0.4, -0.2) is 12.0 Å². The molecular formula is C15H18BrN3. The lowest BCUT2D eigenvalue weighted by Crippen LogP contribution is -2.20. The van der Waals surface area contributed by atoms with Crippen molar-refractivity contribution in [3.05, 3.63) is 57.2 Å². The van der Waals surface area contributed by atoms with Crippen molar-refractivity contribution in [1.29, 1.82) is 0 Å². The molecule has 0 spiro atoms. The van der Waals surface area contributed by atoms with E-state index in [4.69, 9.17) is 5.73 Å². The molecule has 3 N–H and O–H groups in total. The summed E-state index contributed by atoms with van der Waals surface area (Å²) in [5, 5.41) is 3.33. The highest BCUT2D eigenvalue weighted by Crippen LogP contribution is 2.29. The highest BCUT2D eigenvalue weighted by atomic mass is 79.9. The first kappa shape index (κ1) is 14.0. The first-order valence-corrected chi connectivity index (χ1v) is 6.97. The Morgan fingerprint density at radius 3 is 2.58 bits per heavy atom. The van der Waals surface area contributed by atoms with Crippen LogP contribution in [-0.2, 0) is 0 Å². The average Bonchev–Trinajstić information content (AvgIpc) is 2.36. The lowest BCUT2D eigenvalue weighted by Gasteiger charge is -2.21. The van der Waals surface area contributed by atoms with Crippen LogP contribution in [0.2, 0.25) is 0 Å². The fourth-order valence-electron chi connectivity index (χ4n) is 2.28. The van der Waals surface area contributed by atoms with E-state index in [1.165, 1.54) is 11.1 Å². The highest BCUT2D eigenvalue weighted by Gasteiger charge is 2.17. The molecule has 0 aliphatic heterocycles. The quantitative estimate of drug-likeness (QED) is 0.912. The molecule has 1 aromatic heterocycles. The Balaban J connectivity index is 2.52. The molecule has 2 rings (SSSR count). The molecule has 0 saturated heterocycles. The highest BCUT2D eigenvalue weighted by molar-refractivity contribution is 9.10. The molecule has 1 heterocycles. The minimum atomic E-state index is 0.0560. The van der Waals surface area contributed by atoms with Crippen LogP contribution in [0.1, 0.15) is 28.3 Å². The van der Waals surface area contributed by atoms with Crippen LogP contribution < -0.4 is 11.1 Å². The van der Waals surface area contributed by atoms with Gasteiger partial charge in [0.05, 0.1) is 6.04 Å². The van der Waals surface area contributed by atoms with E-state index in [-0.39, 0.29) is 6.04 Å². The number of aryl methyl sites for hydroxylation is 2. The third-order valence-corrected chi connectivity index (χ3v) is 3.72. The predicted octanol–water partition coefficient (Wildman–Crippen LogP) is 3.35. The van der Waals surface area contributed by atoms with Crippen molar-refractivity contribution in [2.45, 2.75) is 19.9 Å². The normalized spacial score (nSPS) is 12.4. The third-order valence-electron chi connectivity index (χ3n) is 3.23. The van der Waals surface area contributed by atoms with E-state index in [0.29, 0.717) is 5.82 Å². The summed E-state index contributed by atoms with van der Waals surface area (Å²) >= 11 is 3.49. The van der Waals surface area contributed by atoms with Gasteiger partial charge in [0.2, 0.25) is 0 Å². The fourth-order valence-corrected chi connectivity index (χ4v) is 2.75. The number of aromatic nitrogens is 1. The average molecular weight is 320 g/mol. The minimum absolute atomic E-state index is 0.0560. The number of halogens is 1. The summed E-state index contributed by atoms with van der Waals surface area (Å²) in [5.74, 6) is 0.576. The molecule has 19 heavy (non-hydrogen) atoms. The van der Waals surface area contributed by atoms with Crippen molar-refractivity contribution in [3.8, 4) is 0 Å². The van der Waals surface area contributed by atoms with E-state index in [0.717, 1.165) is 15.6 Å². The predicted molar refractivity (Wildman–Crippen MR) is 83.2 cm³/mol. The van der Waals surface area contributed by atoms with E-state index in [9.17, 15) is 0 Å². The van der Waals surface area contributed by atoms with Gasteiger partial charge in [-0.1, -0.05) is 22.0 Å². The molecule has 2 aromatic rings. The molecule has 1 aromatic carbocycles. The Bertz CT molecular complexity index is 596. The summed E-state index contributed by atoms with van der Waals surface area (Å²) in [5.41, 5.74) is 10.6. The van der Waals surface area contributed by atoms with E-state index in [2.05, 4.69) is 51.4 Å². The third kappa shape index (κ3) is 2.96. The molecular weight excluding hydrogens is 302 g/mol. The van der Waals surface area contributed by atoms with Gasteiger partial charge >= 0.3 is 0 Å². The lowest BCUT2D eigenvalue weighted by atomic mass is 9.95. The molecule has 0 fully saturated rings. The first-order valence-electron chi connectivity index (χ1n) is 6.18. The Morgan fingerprint density at radius 2 is 1.95 bits per heavy atom. The topological polar surface area (TPSA) is 50.9 Å². The smallest absolute Gasteiger partial charge is 0.128 e. The number of hydrogen-bond donors (Lipinski definition) is 2. The van der Waals surface area contributed by atoms with Gasteiger partial charge in [0.25, 0.3) is 0 Å². The number of nitrogens with two attached hydrogens (primary N) is 1. The van der Waals surface area contributed by atoms with Crippen LogP contribution >= 0.6 is 15.9 Å². The Kier molecular flexibility index (Phi) is 4.22. The molecule has 0 amide bonds. The van der Waals surface area contributed by atoms with Gasteiger partial charge in [0.15, 0.2) is 0 Å². The molecule has 3 nitrogen and oxygen atoms in total. The Labute approximate surface area is 122 Å². The van der Waals surface area contributed by atoms with Gasteiger partial charge in [-0.25, -0.2) is 4.98 Å². The number of nitrogens with one attached hydrogen (secondary N) is 1. The van der Waals surface area contributed by atoms with Gasteiger partial charge < -0.3 is 11.1 Å². The summed E-state index contributed by atoms with van der Waals surface area (Å²) in [6.45, 7) is 4.13. The Morgan fingerprint density at radius 1 is 1.21 bits per heavy atom. The molecule has 0 saturated carbocycles. The molecule has 1 atom stereocenters. The Hall–Kier alpha value is -1.39. The van der Waals surface area contributed by atoms with E-state index >= 15 is 0 Å². The van der Waals surface area contributed by atoms with Crippen molar-refractivity contribution < 1.29 is 0 Å². The van der Waals surface area contributed by atoms with Crippen LogP contribution in [0, 0.1) is 13.8 Å². The van der Waals surface area contributed by atoms with Gasteiger partial charge in [-0.2, -0.15) is 0 Å². The standard InChI is InChI=1S/C15H18BrN3/c1-9-6-13(15(17)19-8-9)14(18-3)12-5-4-11(16)7-10(12)2/h4-8,14,18H,1-3H3,(H2,17,19). The van der Waals surface area contributed by atoms with E-state index in [1.54, 1.807) is 6.20 Å². The van der Waals surface area contributed by atoms with Crippen molar-refractivity contribution >= 4 is 21.7 Å². The maximum absolute atomic E-state index is 6.02. The van der Waals surface area contributed by atoms with Gasteiger partial charge in [-0.3, -0.25) is 0 Å². The van der Waals surface area contributed by atoms with Crippen LogP contribution in [0.25, 0.3) is 0 Å². The van der Waals surface area contributed by atoms with E-state index < -0.39 is 0 Å². The second-order valence-electron chi connectivity index (χ2n) is 4.71. The number of benzene rings is 1. The second kappa shape index (κ2) is 5.72. The van der Waals surface area contributed by atoms with Gasteiger partial charge in [0.1, 0.15) is 5.82 Å². The number of pyridine rings is 1. The number of rotatable bonds is 3. The zero-order valence-electron chi connectivity index (χ0n) is 11.4. The van der Waals surface area contributed by atoms with Crippen LogP contribution in [0.3, 0.4) is 0 Å². The minimum Gasteiger partial charge on any atom is -0.383 e. The van der Waals surface area contributed by atoms with Crippen molar-refractivity contribution in [2.24, 2.45) is 0 Å². The molecule has 0 aliphatic carbocycles. The van der Waals surface area contributed by atoms with Crippen molar-refractivity contribution in [1.82, 2.24) is 10.3 Å². The summed E-state index contributed by atoms with van der Waals surface area (Å²) < 4.78 is 1.08. The molecule has 1 unspecified atom stereocenters. The zero-order chi connectivity index (χ0) is 14.0. The number of nitrogen functional groups attached to an aromatic ring is 1. The van der Waals surface area contributed by atoms with E-state index in [1.807, 2.05) is 20.0 Å². The summed E-state index contributed by atoms with van der Waals surface area (Å²) in [7, 11) is 1.94. The molecule has 0 radical (unpaired) electrons. The van der Waals surface area contributed by atoms with Crippen LogP contribution in [0.4, 0.5) is 5.82 Å². The lowest BCUT2D eigenvalue weighted by molar-refractivity contribution is 0.686. The molecule has 0 aliphatic rings. The summed E-state index contributed by atoms with van der Waals surface area (Å²) in [6.07, 6.45) is 1.79. The monoisotopic (exact) mass is 319 g/mol.